The summed E-state index contributed by atoms with van der Waals surface area (Å²) in [4.78, 5) is 23.4. The summed E-state index contributed by atoms with van der Waals surface area (Å²) in [6.07, 6.45) is 6.01. The summed E-state index contributed by atoms with van der Waals surface area (Å²) in [6.45, 7) is 5.00. The molecule has 0 radical (unpaired) electrons. The lowest BCUT2D eigenvalue weighted by molar-refractivity contribution is -0.129. The van der Waals surface area contributed by atoms with E-state index < -0.39 is 0 Å². The zero-order chi connectivity index (χ0) is 13.8. The number of hydrogen-bond donors (Lipinski definition) is 2. The molecule has 0 aromatic carbocycles. The summed E-state index contributed by atoms with van der Waals surface area (Å²) in [5.41, 5.74) is 0. The van der Waals surface area contributed by atoms with Crippen molar-refractivity contribution in [3.8, 4) is 0 Å². The van der Waals surface area contributed by atoms with Gasteiger partial charge in [0.2, 0.25) is 11.8 Å². The highest BCUT2D eigenvalue weighted by Gasteiger charge is 2.31. The molecule has 2 amide bonds. The Morgan fingerprint density at radius 3 is 2.63 bits per heavy atom. The zero-order valence-corrected chi connectivity index (χ0v) is 12.1. The molecule has 1 aliphatic heterocycles. The SMILES string of the molecule is CC(C)C1CCCCC1NC(=O)C1CCC(=O)NC1. The van der Waals surface area contributed by atoms with Gasteiger partial charge in [0.1, 0.15) is 0 Å². The molecule has 2 fully saturated rings. The van der Waals surface area contributed by atoms with Crippen molar-refractivity contribution in [3.05, 3.63) is 0 Å². The van der Waals surface area contributed by atoms with Crippen LogP contribution in [0.4, 0.5) is 0 Å². The first kappa shape index (κ1) is 14.4. The molecule has 3 atom stereocenters. The number of amides is 2. The third kappa shape index (κ3) is 3.71. The van der Waals surface area contributed by atoms with Crippen molar-refractivity contribution in [3.63, 3.8) is 0 Å². The maximum absolute atomic E-state index is 12.3. The highest BCUT2D eigenvalue weighted by Crippen LogP contribution is 2.30. The Hall–Kier alpha value is -1.06. The van der Waals surface area contributed by atoms with Crippen LogP contribution in [0.5, 0.6) is 0 Å². The molecule has 108 valence electrons. The topological polar surface area (TPSA) is 58.2 Å². The van der Waals surface area contributed by atoms with Crippen molar-refractivity contribution in [1.29, 1.82) is 0 Å². The van der Waals surface area contributed by atoms with Gasteiger partial charge in [-0.15, -0.1) is 0 Å². The van der Waals surface area contributed by atoms with Crippen LogP contribution in [0.3, 0.4) is 0 Å². The summed E-state index contributed by atoms with van der Waals surface area (Å²) >= 11 is 0. The lowest BCUT2D eigenvalue weighted by Crippen LogP contribution is -2.49. The lowest BCUT2D eigenvalue weighted by Gasteiger charge is -2.36. The highest BCUT2D eigenvalue weighted by molar-refractivity contribution is 5.83. The fraction of sp³-hybridized carbons (Fsp3) is 0.867. The third-order valence-electron chi connectivity index (χ3n) is 4.64. The summed E-state index contributed by atoms with van der Waals surface area (Å²) in [5, 5.41) is 6.03. The molecule has 0 bridgehead atoms. The molecule has 0 aromatic rings. The lowest BCUT2D eigenvalue weighted by atomic mass is 9.77. The van der Waals surface area contributed by atoms with E-state index in [1.165, 1.54) is 19.3 Å². The predicted molar refractivity (Wildman–Crippen MR) is 74.5 cm³/mol. The van der Waals surface area contributed by atoms with Crippen LogP contribution in [0.2, 0.25) is 0 Å². The van der Waals surface area contributed by atoms with Gasteiger partial charge in [0, 0.05) is 19.0 Å². The Kier molecular flexibility index (Phi) is 4.83. The van der Waals surface area contributed by atoms with Gasteiger partial charge in [-0.05, 0) is 31.1 Å². The van der Waals surface area contributed by atoms with Crippen molar-refractivity contribution in [2.75, 3.05) is 6.54 Å². The average Bonchev–Trinajstić information content (AvgIpc) is 2.39. The first-order chi connectivity index (χ1) is 9.08. The van der Waals surface area contributed by atoms with Crippen molar-refractivity contribution >= 4 is 11.8 Å². The molecule has 3 unspecified atom stereocenters. The Balaban J connectivity index is 1.88. The smallest absolute Gasteiger partial charge is 0.225 e. The van der Waals surface area contributed by atoms with Gasteiger partial charge in [-0.3, -0.25) is 9.59 Å². The van der Waals surface area contributed by atoms with E-state index in [-0.39, 0.29) is 17.7 Å². The van der Waals surface area contributed by atoms with E-state index in [1.54, 1.807) is 0 Å². The minimum atomic E-state index is -0.0348. The standard InChI is InChI=1S/C15H26N2O2/c1-10(2)12-5-3-4-6-13(12)17-15(19)11-7-8-14(18)16-9-11/h10-13H,3-9H2,1-2H3,(H,16,18)(H,17,19). The monoisotopic (exact) mass is 266 g/mol. The molecule has 1 heterocycles. The maximum atomic E-state index is 12.3. The van der Waals surface area contributed by atoms with Gasteiger partial charge in [-0.1, -0.05) is 26.7 Å². The van der Waals surface area contributed by atoms with Gasteiger partial charge >= 0.3 is 0 Å². The van der Waals surface area contributed by atoms with Gasteiger partial charge < -0.3 is 10.6 Å². The Labute approximate surface area is 115 Å². The minimum Gasteiger partial charge on any atom is -0.355 e. The van der Waals surface area contributed by atoms with Gasteiger partial charge in [0.25, 0.3) is 0 Å². The molecule has 19 heavy (non-hydrogen) atoms. The molecule has 2 aliphatic rings. The quantitative estimate of drug-likeness (QED) is 0.819. The number of rotatable bonds is 3. The first-order valence-corrected chi connectivity index (χ1v) is 7.65. The number of carbonyl (C=O) groups is 2. The van der Waals surface area contributed by atoms with Crippen LogP contribution in [0.1, 0.15) is 52.4 Å². The summed E-state index contributed by atoms with van der Waals surface area (Å²) in [7, 11) is 0. The molecule has 1 saturated carbocycles. The summed E-state index contributed by atoms with van der Waals surface area (Å²) in [6, 6.07) is 0.332. The average molecular weight is 266 g/mol. The molecule has 0 spiro atoms. The fourth-order valence-electron chi connectivity index (χ4n) is 3.39. The maximum Gasteiger partial charge on any atom is 0.225 e. The Morgan fingerprint density at radius 2 is 2.00 bits per heavy atom. The van der Waals surface area contributed by atoms with E-state index in [0.29, 0.717) is 37.3 Å². The van der Waals surface area contributed by atoms with Crippen LogP contribution < -0.4 is 10.6 Å². The van der Waals surface area contributed by atoms with Crippen LogP contribution in [0.25, 0.3) is 0 Å². The number of hydrogen-bond acceptors (Lipinski definition) is 2. The molecule has 0 aromatic heterocycles. The Morgan fingerprint density at radius 1 is 1.26 bits per heavy atom. The van der Waals surface area contributed by atoms with E-state index in [0.717, 1.165) is 6.42 Å². The Bertz CT molecular complexity index is 331. The largest absolute Gasteiger partial charge is 0.355 e. The molecule has 4 nitrogen and oxygen atoms in total. The van der Waals surface area contributed by atoms with Crippen molar-refractivity contribution in [1.82, 2.24) is 10.6 Å². The fourth-order valence-corrected chi connectivity index (χ4v) is 3.39. The molecular weight excluding hydrogens is 240 g/mol. The van der Waals surface area contributed by atoms with Crippen molar-refractivity contribution in [2.45, 2.75) is 58.4 Å². The van der Waals surface area contributed by atoms with Gasteiger partial charge in [-0.2, -0.15) is 0 Å². The van der Waals surface area contributed by atoms with E-state index in [1.807, 2.05) is 0 Å². The van der Waals surface area contributed by atoms with Gasteiger partial charge in [0.15, 0.2) is 0 Å². The van der Waals surface area contributed by atoms with Crippen molar-refractivity contribution in [2.24, 2.45) is 17.8 Å². The minimum absolute atomic E-state index is 0.0348. The van der Waals surface area contributed by atoms with Gasteiger partial charge in [-0.25, -0.2) is 0 Å². The molecule has 1 aliphatic carbocycles. The highest BCUT2D eigenvalue weighted by atomic mass is 16.2. The zero-order valence-electron chi connectivity index (χ0n) is 12.1. The van der Waals surface area contributed by atoms with E-state index in [4.69, 9.17) is 0 Å². The van der Waals surface area contributed by atoms with E-state index in [2.05, 4.69) is 24.5 Å². The van der Waals surface area contributed by atoms with Gasteiger partial charge in [0.05, 0.1) is 5.92 Å². The number of nitrogens with one attached hydrogen (secondary N) is 2. The normalized spacial score (nSPS) is 31.9. The molecule has 2 N–H and O–H groups in total. The van der Waals surface area contributed by atoms with Crippen LogP contribution in [-0.4, -0.2) is 24.4 Å². The van der Waals surface area contributed by atoms with Crippen LogP contribution >= 0.6 is 0 Å². The number of piperidine rings is 1. The second-order valence-electron chi connectivity index (χ2n) is 6.35. The van der Waals surface area contributed by atoms with Crippen molar-refractivity contribution < 1.29 is 9.59 Å². The van der Waals surface area contributed by atoms with Crippen LogP contribution in [0.15, 0.2) is 0 Å². The predicted octanol–water partition coefficient (Wildman–Crippen LogP) is 1.84. The molecule has 2 rings (SSSR count). The first-order valence-electron chi connectivity index (χ1n) is 7.65. The van der Waals surface area contributed by atoms with Crippen LogP contribution in [0, 0.1) is 17.8 Å². The van der Waals surface area contributed by atoms with Crippen LogP contribution in [-0.2, 0) is 9.59 Å². The molecule has 4 heteroatoms. The summed E-state index contributed by atoms with van der Waals surface area (Å²) in [5.74, 6) is 1.40. The second kappa shape index (κ2) is 6.40. The second-order valence-corrected chi connectivity index (χ2v) is 6.35. The molecule has 1 saturated heterocycles. The van der Waals surface area contributed by atoms with E-state index >= 15 is 0 Å². The number of carbonyl (C=O) groups excluding carboxylic acids is 2. The summed E-state index contributed by atoms with van der Waals surface area (Å²) < 4.78 is 0. The molecular formula is C15H26N2O2. The van der Waals surface area contributed by atoms with E-state index in [9.17, 15) is 9.59 Å². The third-order valence-corrected chi connectivity index (χ3v) is 4.64.